The van der Waals surface area contributed by atoms with Gasteiger partial charge in [-0.15, -0.1) is 0 Å². The van der Waals surface area contributed by atoms with Gasteiger partial charge in [0.05, 0.1) is 7.11 Å². The molecule has 28 heavy (non-hydrogen) atoms. The number of aromatic nitrogens is 2. The Labute approximate surface area is 163 Å². The minimum absolute atomic E-state index is 0.460. The van der Waals surface area contributed by atoms with Gasteiger partial charge in [0.15, 0.2) is 0 Å². The number of hydrogen-bond donors (Lipinski definition) is 2. The molecule has 0 bridgehead atoms. The fourth-order valence-corrected chi connectivity index (χ4v) is 2.91. The Morgan fingerprint density at radius 3 is 2.50 bits per heavy atom. The molecule has 6 heteroatoms. The predicted molar refractivity (Wildman–Crippen MR) is 111 cm³/mol. The summed E-state index contributed by atoms with van der Waals surface area (Å²) in [5.74, 6) is 2.48. The van der Waals surface area contributed by atoms with E-state index in [0.29, 0.717) is 29.8 Å². The Kier molecular flexibility index (Phi) is 4.93. The van der Waals surface area contributed by atoms with Crippen LogP contribution in [0.3, 0.4) is 0 Å². The van der Waals surface area contributed by atoms with Crippen LogP contribution in [0.2, 0.25) is 0 Å². The van der Waals surface area contributed by atoms with Crippen LogP contribution < -0.4 is 20.5 Å². The molecule has 0 aliphatic heterocycles. The molecule has 6 nitrogen and oxygen atoms in total. The largest absolute Gasteiger partial charge is 0.497 e. The van der Waals surface area contributed by atoms with Gasteiger partial charge in [-0.05, 0) is 29.8 Å². The second-order valence-corrected chi connectivity index (χ2v) is 6.22. The van der Waals surface area contributed by atoms with Gasteiger partial charge in [0.1, 0.15) is 11.5 Å². The molecule has 0 radical (unpaired) electrons. The van der Waals surface area contributed by atoms with Crippen LogP contribution in [0.25, 0.3) is 10.8 Å². The second kappa shape index (κ2) is 7.84. The highest BCUT2D eigenvalue weighted by Crippen LogP contribution is 2.32. The number of rotatable bonds is 6. The lowest BCUT2D eigenvalue weighted by Crippen LogP contribution is -2.04. The number of nitrogens with two attached hydrogens (primary N) is 1. The van der Waals surface area contributed by atoms with E-state index in [9.17, 15) is 0 Å². The fourth-order valence-electron chi connectivity index (χ4n) is 2.91. The van der Waals surface area contributed by atoms with Gasteiger partial charge in [0.2, 0.25) is 11.8 Å². The SMILES string of the molecule is COc1ccc(CNc2nccc(Oc3ccc(N)c4ccccc34)n2)cc1. The van der Waals surface area contributed by atoms with Crippen LogP contribution in [-0.4, -0.2) is 17.1 Å². The zero-order valence-corrected chi connectivity index (χ0v) is 15.4. The Hall–Kier alpha value is -3.80. The first-order valence-electron chi connectivity index (χ1n) is 8.88. The van der Waals surface area contributed by atoms with Crippen LogP contribution in [0, 0.1) is 0 Å². The van der Waals surface area contributed by atoms with E-state index in [0.717, 1.165) is 22.1 Å². The van der Waals surface area contributed by atoms with Gasteiger partial charge in [0.25, 0.3) is 0 Å². The van der Waals surface area contributed by atoms with Gasteiger partial charge in [-0.1, -0.05) is 36.4 Å². The summed E-state index contributed by atoms with van der Waals surface area (Å²) in [5, 5.41) is 5.10. The van der Waals surface area contributed by atoms with E-state index in [1.807, 2.05) is 60.7 Å². The number of nitrogen functional groups attached to an aromatic ring is 1. The van der Waals surface area contributed by atoms with Crippen molar-refractivity contribution < 1.29 is 9.47 Å². The Morgan fingerprint density at radius 1 is 0.929 bits per heavy atom. The average molecular weight is 372 g/mol. The van der Waals surface area contributed by atoms with E-state index in [1.165, 1.54) is 0 Å². The summed E-state index contributed by atoms with van der Waals surface area (Å²) in [6.07, 6.45) is 1.66. The normalized spacial score (nSPS) is 10.6. The van der Waals surface area contributed by atoms with Crippen molar-refractivity contribution in [3.05, 3.63) is 78.5 Å². The quantitative estimate of drug-likeness (QED) is 0.480. The van der Waals surface area contributed by atoms with E-state index in [1.54, 1.807) is 19.4 Å². The summed E-state index contributed by atoms with van der Waals surface area (Å²) in [7, 11) is 1.65. The molecular weight excluding hydrogens is 352 g/mol. The lowest BCUT2D eigenvalue weighted by molar-refractivity contribution is 0.414. The second-order valence-electron chi connectivity index (χ2n) is 6.22. The first kappa shape index (κ1) is 17.6. The highest BCUT2D eigenvalue weighted by Gasteiger charge is 2.08. The first-order valence-corrected chi connectivity index (χ1v) is 8.88. The highest BCUT2D eigenvalue weighted by molar-refractivity contribution is 5.97. The Morgan fingerprint density at radius 2 is 1.71 bits per heavy atom. The zero-order chi connectivity index (χ0) is 19.3. The summed E-state index contributed by atoms with van der Waals surface area (Å²) in [4.78, 5) is 8.71. The third kappa shape index (κ3) is 3.81. The maximum atomic E-state index is 6.06. The van der Waals surface area contributed by atoms with Gasteiger partial charge in [-0.25, -0.2) is 4.98 Å². The van der Waals surface area contributed by atoms with Gasteiger partial charge in [0, 0.05) is 35.3 Å². The number of hydrogen-bond acceptors (Lipinski definition) is 6. The van der Waals surface area contributed by atoms with E-state index < -0.39 is 0 Å². The minimum atomic E-state index is 0.460. The number of nitrogens with zero attached hydrogens (tertiary/aromatic N) is 2. The van der Waals surface area contributed by atoms with E-state index in [4.69, 9.17) is 15.2 Å². The van der Waals surface area contributed by atoms with Crippen LogP contribution in [0.15, 0.2) is 72.9 Å². The van der Waals surface area contributed by atoms with Gasteiger partial charge in [-0.2, -0.15) is 4.98 Å². The van der Waals surface area contributed by atoms with Crippen LogP contribution in [0.1, 0.15) is 5.56 Å². The standard InChI is InChI=1S/C22H20N4O2/c1-27-16-8-6-15(7-9-16)14-25-22-24-13-12-21(26-22)28-20-11-10-19(23)17-4-2-3-5-18(17)20/h2-13H,14,23H2,1H3,(H,24,25,26). The molecule has 0 saturated carbocycles. The Bertz CT molecular complexity index is 1100. The fraction of sp³-hybridized carbons (Fsp3) is 0.0909. The summed E-state index contributed by atoms with van der Waals surface area (Å²) in [6.45, 7) is 0.595. The lowest BCUT2D eigenvalue weighted by atomic mass is 10.1. The summed E-state index contributed by atoms with van der Waals surface area (Å²) in [6, 6.07) is 21.1. The molecule has 3 N–H and O–H groups in total. The molecule has 0 fully saturated rings. The van der Waals surface area contributed by atoms with Crippen molar-refractivity contribution in [1.29, 1.82) is 0 Å². The van der Waals surface area contributed by atoms with Crippen molar-refractivity contribution in [3.8, 4) is 17.4 Å². The molecule has 0 unspecified atom stereocenters. The third-order valence-corrected chi connectivity index (χ3v) is 4.37. The molecule has 0 saturated heterocycles. The van der Waals surface area contributed by atoms with E-state index in [-0.39, 0.29) is 0 Å². The van der Waals surface area contributed by atoms with Crippen molar-refractivity contribution in [3.63, 3.8) is 0 Å². The van der Waals surface area contributed by atoms with Crippen molar-refractivity contribution >= 4 is 22.4 Å². The van der Waals surface area contributed by atoms with Crippen LogP contribution in [-0.2, 0) is 6.54 Å². The third-order valence-electron chi connectivity index (χ3n) is 4.37. The summed E-state index contributed by atoms with van der Waals surface area (Å²) in [5.41, 5.74) is 7.87. The number of ether oxygens (including phenoxy) is 2. The van der Waals surface area contributed by atoms with Crippen LogP contribution in [0.4, 0.5) is 11.6 Å². The van der Waals surface area contributed by atoms with Gasteiger partial charge in [-0.3, -0.25) is 0 Å². The number of nitrogens with one attached hydrogen (secondary N) is 1. The number of fused-ring (bicyclic) bond motifs is 1. The molecule has 4 rings (SSSR count). The van der Waals surface area contributed by atoms with Crippen LogP contribution >= 0.6 is 0 Å². The van der Waals surface area contributed by atoms with E-state index in [2.05, 4.69) is 15.3 Å². The molecule has 1 heterocycles. The van der Waals surface area contributed by atoms with Crippen molar-refractivity contribution in [2.45, 2.75) is 6.54 Å². The predicted octanol–water partition coefficient (Wildman–Crippen LogP) is 4.63. The van der Waals surface area contributed by atoms with E-state index >= 15 is 0 Å². The molecule has 1 aromatic heterocycles. The van der Waals surface area contributed by atoms with Crippen molar-refractivity contribution in [2.24, 2.45) is 0 Å². The number of anilines is 2. The molecule has 0 aliphatic carbocycles. The molecule has 0 aliphatic rings. The van der Waals surface area contributed by atoms with Crippen molar-refractivity contribution in [1.82, 2.24) is 9.97 Å². The molecule has 140 valence electrons. The molecular formula is C22H20N4O2. The minimum Gasteiger partial charge on any atom is -0.497 e. The number of methoxy groups -OCH3 is 1. The molecule has 0 spiro atoms. The molecule has 4 aromatic rings. The molecule has 0 atom stereocenters. The maximum Gasteiger partial charge on any atom is 0.226 e. The first-order chi connectivity index (χ1) is 13.7. The topological polar surface area (TPSA) is 82.3 Å². The van der Waals surface area contributed by atoms with Crippen molar-refractivity contribution in [2.75, 3.05) is 18.2 Å². The van der Waals surface area contributed by atoms with Gasteiger partial charge < -0.3 is 20.5 Å². The summed E-state index contributed by atoms with van der Waals surface area (Å²) >= 11 is 0. The average Bonchev–Trinajstić information content (AvgIpc) is 2.75. The molecule has 3 aromatic carbocycles. The lowest BCUT2D eigenvalue weighted by Gasteiger charge is -2.11. The highest BCUT2D eigenvalue weighted by atomic mass is 16.5. The number of benzene rings is 3. The monoisotopic (exact) mass is 372 g/mol. The summed E-state index contributed by atoms with van der Waals surface area (Å²) < 4.78 is 11.2. The maximum absolute atomic E-state index is 6.06. The molecule has 0 amide bonds. The smallest absolute Gasteiger partial charge is 0.226 e. The zero-order valence-electron chi connectivity index (χ0n) is 15.4. The van der Waals surface area contributed by atoms with Crippen LogP contribution in [0.5, 0.6) is 17.4 Å². The van der Waals surface area contributed by atoms with Gasteiger partial charge >= 0.3 is 0 Å². The Balaban J connectivity index is 1.50.